The fourth-order valence-electron chi connectivity index (χ4n) is 2.77. The number of alkyl halides is 3. The molecule has 0 unspecified atom stereocenters. The monoisotopic (exact) mass is 434 g/mol. The van der Waals surface area contributed by atoms with Gasteiger partial charge in [-0.1, -0.05) is 12.1 Å². The van der Waals surface area contributed by atoms with Crippen LogP contribution in [0.15, 0.2) is 71.9 Å². The molecule has 5 nitrogen and oxygen atoms in total. The van der Waals surface area contributed by atoms with Crippen molar-refractivity contribution in [3.63, 3.8) is 0 Å². The summed E-state index contributed by atoms with van der Waals surface area (Å²) in [6.07, 6.45) is -3.41. The van der Waals surface area contributed by atoms with Crippen molar-refractivity contribution in [1.29, 1.82) is 0 Å². The average Bonchev–Trinajstić information content (AvgIpc) is 2.74. The molecule has 0 bridgehead atoms. The van der Waals surface area contributed by atoms with E-state index in [1.165, 1.54) is 48.7 Å². The number of hydrogen-bond donors (Lipinski definition) is 1. The number of pyridine rings is 1. The predicted octanol–water partition coefficient (Wildman–Crippen LogP) is 5.34. The summed E-state index contributed by atoms with van der Waals surface area (Å²) < 4.78 is 67.7. The van der Waals surface area contributed by atoms with Gasteiger partial charge in [0.25, 0.3) is 5.91 Å². The van der Waals surface area contributed by atoms with Crippen LogP contribution in [0.4, 0.5) is 39.1 Å². The lowest BCUT2D eigenvalue weighted by molar-refractivity contribution is -0.0598. The number of nitrogens with zero attached hydrogens (tertiary/aromatic N) is 3. The standard InChI is InChI=1S/C21H15F5N4O/c1-27-20(21(24,25)26)30(17-7-2-3-12-28-17)14-10-8-13(9-11-14)29-19(31)15-5-4-6-16(22)18(15)23/h2-12H,1H3,(H,29,31). The summed E-state index contributed by atoms with van der Waals surface area (Å²) in [6.45, 7) is 0. The van der Waals surface area contributed by atoms with Gasteiger partial charge in [0.15, 0.2) is 11.6 Å². The van der Waals surface area contributed by atoms with Crippen LogP contribution in [0.1, 0.15) is 10.4 Å². The molecule has 0 aliphatic rings. The van der Waals surface area contributed by atoms with Crippen molar-refractivity contribution in [3.8, 4) is 0 Å². The van der Waals surface area contributed by atoms with Gasteiger partial charge in [-0.15, -0.1) is 0 Å². The molecule has 0 saturated carbocycles. The van der Waals surface area contributed by atoms with Gasteiger partial charge in [-0.05, 0) is 48.5 Å². The second-order valence-electron chi connectivity index (χ2n) is 6.17. The van der Waals surface area contributed by atoms with Crippen molar-refractivity contribution in [2.75, 3.05) is 17.3 Å². The Labute approximate surface area is 173 Å². The van der Waals surface area contributed by atoms with E-state index in [4.69, 9.17) is 0 Å². The molecule has 3 aromatic rings. The van der Waals surface area contributed by atoms with E-state index in [2.05, 4.69) is 15.3 Å². The first-order chi connectivity index (χ1) is 14.7. The highest BCUT2D eigenvalue weighted by Crippen LogP contribution is 2.31. The first-order valence-corrected chi connectivity index (χ1v) is 8.83. The van der Waals surface area contributed by atoms with Crippen LogP contribution in [0.2, 0.25) is 0 Å². The number of carbonyl (C=O) groups is 1. The highest BCUT2D eigenvalue weighted by molar-refractivity contribution is 6.07. The van der Waals surface area contributed by atoms with E-state index >= 15 is 0 Å². The topological polar surface area (TPSA) is 57.6 Å². The number of nitrogens with one attached hydrogen (secondary N) is 1. The maximum absolute atomic E-state index is 13.8. The van der Waals surface area contributed by atoms with Crippen molar-refractivity contribution in [2.45, 2.75) is 6.18 Å². The van der Waals surface area contributed by atoms with Gasteiger partial charge < -0.3 is 5.32 Å². The molecule has 0 aliphatic carbocycles. The van der Waals surface area contributed by atoms with Crippen LogP contribution in [-0.4, -0.2) is 30.0 Å². The smallest absolute Gasteiger partial charge is 0.322 e. The quantitative estimate of drug-likeness (QED) is 0.343. The molecule has 1 amide bonds. The van der Waals surface area contributed by atoms with Crippen molar-refractivity contribution >= 4 is 28.9 Å². The molecule has 0 saturated heterocycles. The summed E-state index contributed by atoms with van der Waals surface area (Å²) in [5, 5.41) is 2.37. The Balaban J connectivity index is 1.91. The van der Waals surface area contributed by atoms with Gasteiger partial charge in [-0.3, -0.25) is 14.7 Å². The molecular formula is C21H15F5N4O. The summed E-state index contributed by atoms with van der Waals surface area (Å²) in [5.74, 6) is -4.58. The molecule has 1 N–H and O–H groups in total. The Morgan fingerprint density at radius 2 is 1.71 bits per heavy atom. The van der Waals surface area contributed by atoms with Crippen molar-refractivity contribution < 1.29 is 26.7 Å². The average molecular weight is 434 g/mol. The molecule has 3 rings (SSSR count). The molecule has 0 radical (unpaired) electrons. The zero-order chi connectivity index (χ0) is 22.6. The Morgan fingerprint density at radius 1 is 1.00 bits per heavy atom. The lowest BCUT2D eigenvalue weighted by Crippen LogP contribution is -2.38. The van der Waals surface area contributed by atoms with E-state index in [9.17, 15) is 26.7 Å². The molecule has 2 aromatic carbocycles. The number of rotatable bonds is 4. The summed E-state index contributed by atoms with van der Waals surface area (Å²) in [4.78, 5) is 20.4. The fourth-order valence-corrected chi connectivity index (χ4v) is 2.77. The number of halogens is 5. The largest absolute Gasteiger partial charge is 0.449 e. The number of anilines is 3. The molecule has 0 spiro atoms. The van der Waals surface area contributed by atoms with E-state index < -0.39 is 35.1 Å². The molecule has 1 aromatic heterocycles. The molecule has 0 aliphatic heterocycles. The minimum absolute atomic E-state index is 0.0148. The highest BCUT2D eigenvalue weighted by Gasteiger charge is 2.41. The second-order valence-corrected chi connectivity index (χ2v) is 6.17. The van der Waals surface area contributed by atoms with Crippen LogP contribution < -0.4 is 10.2 Å². The van der Waals surface area contributed by atoms with Crippen LogP contribution in [-0.2, 0) is 0 Å². The third kappa shape index (κ3) is 4.85. The van der Waals surface area contributed by atoms with Gasteiger partial charge >= 0.3 is 6.18 Å². The van der Waals surface area contributed by atoms with Gasteiger partial charge in [0.05, 0.1) is 5.56 Å². The highest BCUT2D eigenvalue weighted by atomic mass is 19.4. The fraction of sp³-hybridized carbons (Fsp3) is 0.0952. The number of amides is 1. The summed E-state index contributed by atoms with van der Waals surface area (Å²) in [5.41, 5.74) is -0.261. The molecule has 31 heavy (non-hydrogen) atoms. The van der Waals surface area contributed by atoms with Gasteiger partial charge in [-0.2, -0.15) is 13.2 Å². The van der Waals surface area contributed by atoms with Gasteiger partial charge in [0.1, 0.15) is 5.82 Å². The Hall–Kier alpha value is -3.82. The molecule has 0 atom stereocenters. The van der Waals surface area contributed by atoms with Crippen molar-refractivity contribution in [3.05, 3.63) is 84.1 Å². The Kier molecular flexibility index (Phi) is 6.28. The van der Waals surface area contributed by atoms with Crippen LogP contribution >= 0.6 is 0 Å². The molecule has 10 heteroatoms. The van der Waals surface area contributed by atoms with Crippen LogP contribution in [0.5, 0.6) is 0 Å². The molecule has 1 heterocycles. The van der Waals surface area contributed by atoms with E-state index in [1.807, 2.05) is 0 Å². The third-order valence-electron chi connectivity index (χ3n) is 4.14. The van der Waals surface area contributed by atoms with Crippen LogP contribution in [0.25, 0.3) is 0 Å². The lowest BCUT2D eigenvalue weighted by atomic mass is 10.2. The van der Waals surface area contributed by atoms with Crippen molar-refractivity contribution in [2.24, 2.45) is 4.99 Å². The maximum Gasteiger partial charge on any atom is 0.449 e. The lowest BCUT2D eigenvalue weighted by Gasteiger charge is -2.26. The normalized spacial score (nSPS) is 11.9. The number of hydrogen-bond acceptors (Lipinski definition) is 3. The first-order valence-electron chi connectivity index (χ1n) is 8.83. The minimum Gasteiger partial charge on any atom is -0.322 e. The van der Waals surface area contributed by atoms with E-state index in [-0.39, 0.29) is 17.2 Å². The van der Waals surface area contributed by atoms with Gasteiger partial charge in [0, 0.05) is 24.6 Å². The SMILES string of the molecule is CN=C(N(c1ccc(NC(=O)c2cccc(F)c2F)cc1)c1ccccn1)C(F)(F)F. The molecule has 0 fully saturated rings. The van der Waals surface area contributed by atoms with E-state index in [0.29, 0.717) is 0 Å². The number of benzene rings is 2. The van der Waals surface area contributed by atoms with E-state index in [0.717, 1.165) is 24.1 Å². The minimum atomic E-state index is -4.76. The van der Waals surface area contributed by atoms with Crippen molar-refractivity contribution in [1.82, 2.24) is 4.98 Å². The Morgan fingerprint density at radius 3 is 2.29 bits per heavy atom. The number of amidine groups is 1. The Bertz CT molecular complexity index is 1100. The number of aromatic nitrogens is 1. The maximum atomic E-state index is 13.8. The zero-order valence-corrected chi connectivity index (χ0v) is 16.0. The summed E-state index contributed by atoms with van der Waals surface area (Å²) in [6, 6.07) is 12.9. The van der Waals surface area contributed by atoms with E-state index in [1.54, 1.807) is 6.07 Å². The summed E-state index contributed by atoms with van der Waals surface area (Å²) >= 11 is 0. The van der Waals surface area contributed by atoms with Gasteiger partial charge in [-0.25, -0.2) is 13.8 Å². The number of aliphatic imine (C=N–C) groups is 1. The zero-order valence-electron chi connectivity index (χ0n) is 16.0. The number of carbonyl (C=O) groups excluding carboxylic acids is 1. The second kappa shape index (κ2) is 8.90. The van der Waals surface area contributed by atoms with Crippen LogP contribution in [0.3, 0.4) is 0 Å². The van der Waals surface area contributed by atoms with Crippen LogP contribution in [0, 0.1) is 11.6 Å². The van der Waals surface area contributed by atoms with Gasteiger partial charge in [0.2, 0.25) is 5.84 Å². The predicted molar refractivity (Wildman–Crippen MR) is 107 cm³/mol. The summed E-state index contributed by atoms with van der Waals surface area (Å²) in [7, 11) is 1.01. The third-order valence-corrected chi connectivity index (χ3v) is 4.14. The molecular weight excluding hydrogens is 419 g/mol. The first kappa shape index (κ1) is 21.9. The molecule has 160 valence electrons.